The van der Waals surface area contributed by atoms with E-state index in [2.05, 4.69) is 43.7 Å². The van der Waals surface area contributed by atoms with Crippen molar-refractivity contribution in [3.05, 3.63) is 39.9 Å². The van der Waals surface area contributed by atoms with Gasteiger partial charge in [-0.3, -0.25) is 19.2 Å². The van der Waals surface area contributed by atoms with E-state index in [1.54, 1.807) is 43.8 Å². The maximum atomic E-state index is 13.3. The third-order valence-corrected chi connectivity index (χ3v) is 7.75. The van der Waals surface area contributed by atoms with Crippen LogP contribution in [-0.2, 0) is 21.4 Å². The van der Waals surface area contributed by atoms with Gasteiger partial charge in [-0.05, 0) is 93.2 Å². The summed E-state index contributed by atoms with van der Waals surface area (Å²) in [4.78, 5) is 31.1. The number of aliphatic carboxylic acids is 1. The van der Waals surface area contributed by atoms with Crippen LogP contribution in [0.1, 0.15) is 56.1 Å². The lowest BCUT2D eigenvalue weighted by Gasteiger charge is -2.24. The van der Waals surface area contributed by atoms with Gasteiger partial charge in [0.15, 0.2) is 5.52 Å². The molecule has 0 aliphatic heterocycles. The second-order valence-corrected chi connectivity index (χ2v) is 10.8. The zero-order valence-electron chi connectivity index (χ0n) is 22.8. The Hall–Kier alpha value is -3.42. The van der Waals surface area contributed by atoms with E-state index in [1.165, 1.54) is 0 Å². The average molecular weight is 598 g/mol. The normalized spacial score (nSPS) is 18.1. The second-order valence-electron chi connectivity index (χ2n) is 9.91. The van der Waals surface area contributed by atoms with Gasteiger partial charge < -0.3 is 14.6 Å². The van der Waals surface area contributed by atoms with Gasteiger partial charge in [0.25, 0.3) is 5.88 Å². The summed E-state index contributed by atoms with van der Waals surface area (Å²) in [6.07, 6.45) is 3.58. The molecule has 2 aliphatic carbocycles. The van der Waals surface area contributed by atoms with E-state index >= 15 is 0 Å². The molecule has 1 aromatic carbocycles. The van der Waals surface area contributed by atoms with Gasteiger partial charge in [-0.1, -0.05) is 21.9 Å². The topological polar surface area (TPSA) is 107 Å². The molecule has 10 heteroatoms. The Labute approximate surface area is 236 Å². The minimum absolute atomic E-state index is 0.242. The summed E-state index contributed by atoms with van der Waals surface area (Å²) >= 11 is 3.64. The van der Waals surface area contributed by atoms with Crippen molar-refractivity contribution in [3.63, 3.8) is 0 Å². The van der Waals surface area contributed by atoms with Crippen molar-refractivity contribution in [1.82, 2.24) is 14.8 Å². The molecule has 0 radical (unpaired) electrons. The van der Waals surface area contributed by atoms with Crippen molar-refractivity contribution in [2.24, 2.45) is 13.0 Å². The van der Waals surface area contributed by atoms with E-state index in [4.69, 9.17) is 9.72 Å². The molecule has 0 spiro atoms. The van der Waals surface area contributed by atoms with Gasteiger partial charge in [0.2, 0.25) is 0 Å². The number of ether oxygens (including phenoxy) is 2. The Balaban J connectivity index is 0.00000112. The molecular formula is C29H33BrN4O5. The molecule has 5 rings (SSSR count). The smallest absolute Gasteiger partial charge is 0.308 e. The lowest BCUT2D eigenvalue weighted by atomic mass is 10.0. The van der Waals surface area contributed by atoms with Gasteiger partial charge in [0.05, 0.1) is 17.1 Å². The van der Waals surface area contributed by atoms with Gasteiger partial charge in [-0.2, -0.15) is 0 Å². The molecule has 2 saturated carbocycles. The van der Waals surface area contributed by atoms with Crippen LogP contribution in [0.15, 0.2) is 28.7 Å². The number of carbonyl (C=O) groups is 2. The summed E-state index contributed by atoms with van der Waals surface area (Å²) in [5, 5.41) is 13.8. The summed E-state index contributed by atoms with van der Waals surface area (Å²) in [5.74, 6) is 5.02. The predicted octanol–water partition coefficient (Wildman–Crippen LogP) is 5.50. The maximum absolute atomic E-state index is 13.3. The molecule has 0 saturated heterocycles. The fourth-order valence-electron chi connectivity index (χ4n) is 4.83. The largest absolute Gasteiger partial charge is 0.481 e. The predicted molar refractivity (Wildman–Crippen MR) is 152 cm³/mol. The Morgan fingerprint density at radius 2 is 1.90 bits per heavy atom. The van der Waals surface area contributed by atoms with Gasteiger partial charge in [0.1, 0.15) is 11.9 Å². The number of hydrogen-bond donors (Lipinski definition) is 1. The van der Waals surface area contributed by atoms with Crippen LogP contribution in [-0.4, -0.2) is 52.1 Å². The molecule has 2 aliphatic rings. The Kier molecular flexibility index (Phi) is 8.93. The number of methoxy groups -OCH3 is 1. The molecule has 9 nitrogen and oxygen atoms in total. The molecule has 2 atom stereocenters. The number of amides is 1. The summed E-state index contributed by atoms with van der Waals surface area (Å²) in [5.41, 5.74) is 4.17. The molecule has 2 heterocycles. The summed E-state index contributed by atoms with van der Waals surface area (Å²) < 4.78 is 13.1. The van der Waals surface area contributed by atoms with E-state index < -0.39 is 11.9 Å². The van der Waals surface area contributed by atoms with Crippen LogP contribution in [0, 0.1) is 24.7 Å². The number of anilines is 2. The summed E-state index contributed by atoms with van der Waals surface area (Å²) in [6.45, 7) is 3.63. The zero-order chi connectivity index (χ0) is 28.3. The second kappa shape index (κ2) is 12.2. The fourth-order valence-corrected chi connectivity index (χ4v) is 5.19. The van der Waals surface area contributed by atoms with Gasteiger partial charge in [0, 0.05) is 25.7 Å². The average Bonchev–Trinajstić information content (AvgIpc) is 3.55. The number of rotatable bonds is 6. The highest BCUT2D eigenvalue weighted by atomic mass is 79.9. The molecule has 39 heavy (non-hydrogen) atoms. The van der Waals surface area contributed by atoms with Crippen molar-refractivity contribution < 1.29 is 24.2 Å². The monoisotopic (exact) mass is 596 g/mol. The van der Waals surface area contributed by atoms with E-state index in [0.29, 0.717) is 42.4 Å². The van der Waals surface area contributed by atoms with Crippen molar-refractivity contribution in [2.75, 3.05) is 19.1 Å². The van der Waals surface area contributed by atoms with Crippen LogP contribution in [0.5, 0.6) is 5.88 Å². The van der Waals surface area contributed by atoms with Crippen molar-refractivity contribution in [1.29, 1.82) is 0 Å². The van der Waals surface area contributed by atoms with Crippen LogP contribution < -0.4 is 9.64 Å². The number of carbonyl (C=O) groups excluding carboxylic acids is 1. The number of hydrogen-bond acceptors (Lipinski definition) is 6. The van der Waals surface area contributed by atoms with Gasteiger partial charge >= 0.3 is 11.9 Å². The van der Waals surface area contributed by atoms with Crippen LogP contribution >= 0.6 is 15.9 Å². The molecule has 2 fully saturated rings. The maximum Gasteiger partial charge on any atom is 0.308 e. The van der Waals surface area contributed by atoms with E-state index in [9.17, 15) is 14.7 Å². The molecular weight excluding hydrogens is 564 g/mol. The molecule has 0 bridgehead atoms. The summed E-state index contributed by atoms with van der Waals surface area (Å²) in [6, 6.07) is 7.77. The Morgan fingerprint density at radius 3 is 2.51 bits per heavy atom. The first-order valence-corrected chi connectivity index (χ1v) is 13.7. The van der Waals surface area contributed by atoms with Gasteiger partial charge in [-0.15, -0.1) is 5.10 Å². The number of halogens is 1. The zero-order valence-corrected chi connectivity index (χ0v) is 24.4. The first-order chi connectivity index (χ1) is 18.7. The minimum Gasteiger partial charge on any atom is -0.481 e. The summed E-state index contributed by atoms with van der Waals surface area (Å²) in [7, 11) is 5.06. The first kappa shape index (κ1) is 28.6. The fraction of sp³-hybridized carbons (Fsp3) is 0.448. The number of aromatic nitrogens is 3. The molecule has 2 unspecified atom stereocenters. The molecule has 1 N–H and O–H groups in total. The Morgan fingerprint density at radius 1 is 1.18 bits per heavy atom. The number of pyridine rings is 1. The number of carboxylic acid groups (broad SMARTS) is 1. The number of fused-ring (bicyclic) bond motifs is 1. The Bertz CT molecular complexity index is 1450. The SMILES string of the molecule is CC#CC(=O)N(c1ccc2c(n1)c(OC1CCC(C(=O)O)C1)nn2C)c1cc(C)c(Br)cc1C1CC1.COC. The molecule has 1 amide bonds. The quantitative estimate of drug-likeness (QED) is 0.374. The highest BCUT2D eigenvalue weighted by molar-refractivity contribution is 9.10. The number of aryl methyl sites for hydroxylation is 2. The molecule has 3 aromatic rings. The highest BCUT2D eigenvalue weighted by Crippen LogP contribution is 2.47. The first-order valence-electron chi connectivity index (χ1n) is 12.9. The van der Waals surface area contributed by atoms with Crippen LogP contribution in [0.3, 0.4) is 0 Å². The molecule has 2 aromatic heterocycles. The number of nitrogens with zero attached hydrogens (tertiary/aromatic N) is 4. The van der Waals surface area contributed by atoms with E-state index in [-0.39, 0.29) is 12.0 Å². The number of benzene rings is 1. The standard InChI is InChI=1S/C27H27BrN4O4.C2H6O/c1-4-5-24(33)32(22-12-15(2)20(28)14-19(22)16-6-7-16)23-11-10-21-25(29-23)26(30-31(21)3)36-18-9-8-17(13-18)27(34)35;1-3-2/h10-12,14,16-18H,6-9,13H2,1-3H3,(H,34,35);1-2H3. The molecule has 206 valence electrons. The minimum atomic E-state index is -0.796. The van der Waals surface area contributed by atoms with Crippen LogP contribution in [0.2, 0.25) is 0 Å². The lowest BCUT2D eigenvalue weighted by Crippen LogP contribution is -2.26. The van der Waals surface area contributed by atoms with Crippen molar-refractivity contribution in [3.8, 4) is 17.7 Å². The van der Waals surface area contributed by atoms with Crippen LogP contribution in [0.4, 0.5) is 11.5 Å². The van der Waals surface area contributed by atoms with Crippen molar-refractivity contribution in [2.45, 2.75) is 58.0 Å². The lowest BCUT2D eigenvalue weighted by molar-refractivity contribution is -0.141. The van der Waals surface area contributed by atoms with Crippen molar-refractivity contribution >= 4 is 50.3 Å². The third kappa shape index (κ3) is 6.26. The van der Waals surface area contributed by atoms with E-state index in [1.807, 2.05) is 19.1 Å². The van der Waals surface area contributed by atoms with E-state index in [0.717, 1.165) is 39.6 Å². The highest BCUT2D eigenvalue weighted by Gasteiger charge is 2.33. The van der Waals surface area contributed by atoms with Crippen LogP contribution in [0.25, 0.3) is 11.0 Å². The van der Waals surface area contributed by atoms with Gasteiger partial charge in [-0.25, -0.2) is 4.98 Å². The number of carboxylic acids is 1. The third-order valence-electron chi connectivity index (χ3n) is 6.89.